The Labute approximate surface area is 97.4 Å². The van der Waals surface area contributed by atoms with E-state index in [1.807, 2.05) is 0 Å². The van der Waals surface area contributed by atoms with Crippen LogP contribution in [0.15, 0.2) is 0 Å². The van der Waals surface area contributed by atoms with E-state index in [1.54, 1.807) is 19.0 Å². The van der Waals surface area contributed by atoms with Gasteiger partial charge in [0.05, 0.1) is 12.2 Å². The van der Waals surface area contributed by atoms with Crippen molar-refractivity contribution >= 4 is 0 Å². The second-order valence-corrected chi connectivity index (χ2v) is 3.95. The Kier molecular flexibility index (Phi) is 4.47. The Morgan fingerprint density at radius 2 is 2.00 bits per heavy atom. The van der Waals surface area contributed by atoms with Crippen LogP contribution in [0, 0.1) is 0 Å². The van der Waals surface area contributed by atoms with Gasteiger partial charge in [-0.05, 0) is 20.6 Å². The van der Waals surface area contributed by atoms with Crippen molar-refractivity contribution in [3.05, 3.63) is 11.4 Å². The standard InChI is InChI=1S/C9H16F3N5/c1-16(2)5-6-17-8(9(10,11)12)7(3-4-13)14-15-17/h3-6,13H2,1-2H3. The van der Waals surface area contributed by atoms with Crippen LogP contribution in [-0.2, 0) is 19.1 Å². The Bertz CT molecular complexity index is 358. The van der Waals surface area contributed by atoms with Crippen LogP contribution in [0.4, 0.5) is 13.2 Å². The van der Waals surface area contributed by atoms with Gasteiger partial charge < -0.3 is 10.6 Å². The van der Waals surface area contributed by atoms with Crippen molar-refractivity contribution in [2.75, 3.05) is 27.2 Å². The van der Waals surface area contributed by atoms with E-state index >= 15 is 0 Å². The SMILES string of the molecule is CN(C)CCn1nnc(CCN)c1C(F)(F)F. The predicted octanol–water partition coefficient (Wildman–Crippen LogP) is 0.360. The highest BCUT2D eigenvalue weighted by atomic mass is 19.4. The molecular formula is C9H16F3N5. The first-order valence-electron chi connectivity index (χ1n) is 5.20. The van der Waals surface area contributed by atoms with Crippen LogP contribution in [0.5, 0.6) is 0 Å². The van der Waals surface area contributed by atoms with Crippen LogP contribution in [0.3, 0.4) is 0 Å². The van der Waals surface area contributed by atoms with Gasteiger partial charge in [-0.1, -0.05) is 5.21 Å². The highest BCUT2D eigenvalue weighted by Crippen LogP contribution is 2.31. The number of alkyl halides is 3. The van der Waals surface area contributed by atoms with Gasteiger partial charge in [0.15, 0.2) is 5.69 Å². The molecule has 2 N–H and O–H groups in total. The van der Waals surface area contributed by atoms with Gasteiger partial charge in [0, 0.05) is 13.0 Å². The van der Waals surface area contributed by atoms with E-state index in [0.29, 0.717) is 6.54 Å². The molecule has 1 aromatic rings. The highest BCUT2D eigenvalue weighted by Gasteiger charge is 2.38. The van der Waals surface area contributed by atoms with Crippen molar-refractivity contribution in [2.45, 2.75) is 19.1 Å². The number of hydrogen-bond acceptors (Lipinski definition) is 4. The third kappa shape index (κ3) is 3.67. The molecule has 0 unspecified atom stereocenters. The zero-order valence-corrected chi connectivity index (χ0v) is 9.83. The van der Waals surface area contributed by atoms with Crippen molar-refractivity contribution < 1.29 is 13.2 Å². The van der Waals surface area contributed by atoms with Crippen LogP contribution in [-0.4, -0.2) is 47.1 Å². The number of aromatic nitrogens is 3. The second kappa shape index (κ2) is 5.46. The fraction of sp³-hybridized carbons (Fsp3) is 0.778. The van der Waals surface area contributed by atoms with Gasteiger partial charge in [-0.25, -0.2) is 4.68 Å². The minimum Gasteiger partial charge on any atom is -0.330 e. The van der Waals surface area contributed by atoms with Crippen molar-refractivity contribution in [3.63, 3.8) is 0 Å². The lowest BCUT2D eigenvalue weighted by Crippen LogP contribution is -2.23. The molecule has 8 heteroatoms. The summed E-state index contributed by atoms with van der Waals surface area (Å²) in [5.74, 6) is 0. The van der Waals surface area contributed by atoms with Crippen molar-refractivity contribution in [1.82, 2.24) is 19.9 Å². The second-order valence-electron chi connectivity index (χ2n) is 3.95. The number of rotatable bonds is 5. The van der Waals surface area contributed by atoms with Gasteiger partial charge in [-0.15, -0.1) is 5.10 Å². The van der Waals surface area contributed by atoms with Gasteiger partial charge in [0.25, 0.3) is 0 Å². The maximum atomic E-state index is 12.8. The lowest BCUT2D eigenvalue weighted by atomic mass is 10.2. The molecule has 0 aliphatic carbocycles. The summed E-state index contributed by atoms with van der Waals surface area (Å²) < 4.78 is 39.4. The Hall–Kier alpha value is -1.15. The lowest BCUT2D eigenvalue weighted by Gasteiger charge is -2.13. The summed E-state index contributed by atoms with van der Waals surface area (Å²) in [5, 5.41) is 7.08. The number of hydrogen-bond donors (Lipinski definition) is 1. The Balaban J connectivity index is 2.97. The molecule has 1 aromatic heterocycles. The zero-order chi connectivity index (χ0) is 13.1. The molecule has 0 amide bonds. The summed E-state index contributed by atoms with van der Waals surface area (Å²) in [6.45, 7) is 0.739. The normalized spacial score (nSPS) is 12.4. The molecule has 0 bridgehead atoms. The molecular weight excluding hydrogens is 235 g/mol. The van der Waals surface area contributed by atoms with E-state index in [4.69, 9.17) is 5.73 Å². The van der Waals surface area contributed by atoms with Crippen molar-refractivity contribution in [3.8, 4) is 0 Å². The first-order chi connectivity index (χ1) is 7.86. The highest BCUT2D eigenvalue weighted by molar-refractivity contribution is 5.14. The molecule has 5 nitrogen and oxygen atoms in total. The Morgan fingerprint density at radius 1 is 1.35 bits per heavy atom. The smallest absolute Gasteiger partial charge is 0.330 e. The molecule has 17 heavy (non-hydrogen) atoms. The van der Waals surface area contributed by atoms with E-state index in [-0.39, 0.29) is 25.2 Å². The van der Waals surface area contributed by atoms with Gasteiger partial charge in [0.2, 0.25) is 0 Å². The third-order valence-corrected chi connectivity index (χ3v) is 2.21. The lowest BCUT2D eigenvalue weighted by molar-refractivity contribution is -0.144. The first-order valence-corrected chi connectivity index (χ1v) is 5.20. The van der Waals surface area contributed by atoms with Crippen LogP contribution in [0.1, 0.15) is 11.4 Å². The van der Waals surface area contributed by atoms with Gasteiger partial charge >= 0.3 is 6.18 Å². The summed E-state index contributed by atoms with van der Waals surface area (Å²) in [6.07, 6.45) is -4.36. The van der Waals surface area contributed by atoms with Gasteiger partial charge in [-0.3, -0.25) is 0 Å². The van der Waals surface area contributed by atoms with Crippen LogP contribution in [0.25, 0.3) is 0 Å². The van der Waals surface area contributed by atoms with Gasteiger partial charge in [-0.2, -0.15) is 13.2 Å². The summed E-state index contributed by atoms with van der Waals surface area (Å²) >= 11 is 0. The van der Waals surface area contributed by atoms with Crippen molar-refractivity contribution in [1.29, 1.82) is 0 Å². The number of likely N-dealkylation sites (N-methyl/N-ethyl adjacent to an activating group) is 1. The number of nitrogens with zero attached hydrogens (tertiary/aromatic N) is 4. The summed E-state index contributed by atoms with van der Waals surface area (Å²) in [4.78, 5) is 1.78. The Morgan fingerprint density at radius 3 is 2.47 bits per heavy atom. The molecule has 0 spiro atoms. The minimum absolute atomic E-state index is 0.0802. The molecule has 1 rings (SSSR count). The number of halogens is 3. The average Bonchev–Trinajstić information content (AvgIpc) is 2.58. The van der Waals surface area contributed by atoms with Crippen molar-refractivity contribution in [2.24, 2.45) is 5.73 Å². The quantitative estimate of drug-likeness (QED) is 0.821. The molecule has 1 heterocycles. The largest absolute Gasteiger partial charge is 0.434 e. The maximum Gasteiger partial charge on any atom is 0.434 e. The average molecular weight is 251 g/mol. The van der Waals surface area contributed by atoms with Crippen LogP contribution in [0.2, 0.25) is 0 Å². The summed E-state index contributed by atoms with van der Waals surface area (Å²) in [6, 6.07) is 0. The monoisotopic (exact) mass is 251 g/mol. The fourth-order valence-corrected chi connectivity index (χ4v) is 1.42. The predicted molar refractivity (Wildman–Crippen MR) is 56.3 cm³/mol. The first kappa shape index (κ1) is 13.9. The van der Waals surface area contributed by atoms with Crippen LogP contribution >= 0.6 is 0 Å². The molecule has 0 aliphatic rings. The fourth-order valence-electron chi connectivity index (χ4n) is 1.42. The number of nitrogens with two attached hydrogens (primary N) is 1. The molecule has 0 fully saturated rings. The van der Waals surface area contributed by atoms with E-state index in [9.17, 15) is 13.2 Å². The van der Waals surface area contributed by atoms with E-state index in [1.165, 1.54) is 0 Å². The molecule has 0 aliphatic heterocycles. The van der Waals surface area contributed by atoms with E-state index < -0.39 is 11.9 Å². The third-order valence-electron chi connectivity index (χ3n) is 2.21. The maximum absolute atomic E-state index is 12.8. The van der Waals surface area contributed by atoms with Gasteiger partial charge in [0.1, 0.15) is 0 Å². The van der Waals surface area contributed by atoms with E-state index in [0.717, 1.165) is 4.68 Å². The van der Waals surface area contributed by atoms with E-state index in [2.05, 4.69) is 10.3 Å². The molecule has 98 valence electrons. The molecule has 0 saturated carbocycles. The topological polar surface area (TPSA) is 60.0 Å². The summed E-state index contributed by atoms with van der Waals surface area (Å²) in [7, 11) is 3.57. The molecule has 0 atom stereocenters. The molecule has 0 aromatic carbocycles. The molecule has 0 saturated heterocycles. The summed E-state index contributed by atoms with van der Waals surface area (Å²) in [5.41, 5.74) is 4.38. The molecule has 0 radical (unpaired) electrons. The zero-order valence-electron chi connectivity index (χ0n) is 9.83. The minimum atomic E-state index is -4.44. The van der Waals surface area contributed by atoms with Crippen LogP contribution < -0.4 is 5.73 Å².